The minimum atomic E-state index is 0.457. The molecule has 0 saturated heterocycles. The molecule has 1 aromatic heterocycles. The second-order valence-electron chi connectivity index (χ2n) is 4.10. The van der Waals surface area contributed by atoms with E-state index < -0.39 is 0 Å². The highest BCUT2D eigenvalue weighted by Gasteiger charge is 2.11. The van der Waals surface area contributed by atoms with E-state index in [0.29, 0.717) is 33.1 Å². The monoisotopic (exact) mass is 297 g/mol. The Morgan fingerprint density at radius 1 is 1.21 bits per heavy atom. The normalized spacial score (nSPS) is 10.3. The summed E-state index contributed by atoms with van der Waals surface area (Å²) in [5, 5.41) is 4.14. The van der Waals surface area contributed by atoms with Crippen molar-refractivity contribution >= 4 is 46.2 Å². The van der Waals surface area contributed by atoms with Gasteiger partial charge in [0.25, 0.3) is 0 Å². The van der Waals surface area contributed by atoms with E-state index in [9.17, 15) is 0 Å². The summed E-state index contributed by atoms with van der Waals surface area (Å²) >= 11 is 11.9. The van der Waals surface area contributed by atoms with Crippen LogP contribution >= 0.6 is 23.2 Å². The van der Waals surface area contributed by atoms with E-state index in [1.165, 1.54) is 6.33 Å². The van der Waals surface area contributed by atoms with Crippen LogP contribution in [0, 0.1) is 0 Å². The number of nitrogens with one attached hydrogen (secondary N) is 1. The SMILES string of the molecule is CN(C)c1ncnc(Nc2ccc(Cl)cc2Cl)c1N. The zero-order chi connectivity index (χ0) is 14.0. The summed E-state index contributed by atoms with van der Waals surface area (Å²) in [7, 11) is 3.72. The topological polar surface area (TPSA) is 67.1 Å². The first-order chi connectivity index (χ1) is 8.99. The van der Waals surface area contributed by atoms with Gasteiger partial charge in [-0.2, -0.15) is 0 Å². The maximum absolute atomic E-state index is 6.09. The summed E-state index contributed by atoms with van der Waals surface area (Å²) in [4.78, 5) is 10.0. The number of rotatable bonds is 3. The number of halogens is 2. The summed E-state index contributed by atoms with van der Waals surface area (Å²) in [6.07, 6.45) is 1.44. The predicted octanol–water partition coefficient (Wildman–Crippen LogP) is 3.18. The van der Waals surface area contributed by atoms with Crippen molar-refractivity contribution in [3.63, 3.8) is 0 Å². The number of benzene rings is 1. The molecule has 0 radical (unpaired) electrons. The first kappa shape index (κ1) is 13.7. The summed E-state index contributed by atoms with van der Waals surface area (Å²) in [5.41, 5.74) is 7.15. The van der Waals surface area contributed by atoms with E-state index >= 15 is 0 Å². The number of hydrogen-bond donors (Lipinski definition) is 2. The molecule has 2 aromatic rings. The van der Waals surface area contributed by atoms with Crippen LogP contribution in [0.1, 0.15) is 0 Å². The molecule has 0 bridgehead atoms. The maximum atomic E-state index is 6.09. The Bertz CT molecular complexity index is 601. The molecule has 0 aliphatic carbocycles. The second kappa shape index (κ2) is 5.50. The molecule has 7 heteroatoms. The van der Waals surface area contributed by atoms with Gasteiger partial charge in [0, 0.05) is 19.1 Å². The second-order valence-corrected chi connectivity index (χ2v) is 4.95. The molecule has 0 unspecified atom stereocenters. The predicted molar refractivity (Wildman–Crippen MR) is 80.5 cm³/mol. The Kier molecular flexibility index (Phi) is 3.97. The van der Waals surface area contributed by atoms with Gasteiger partial charge in [-0.25, -0.2) is 9.97 Å². The third kappa shape index (κ3) is 3.00. The van der Waals surface area contributed by atoms with Crippen LogP contribution in [0.3, 0.4) is 0 Å². The molecule has 0 fully saturated rings. The Labute approximate surface area is 121 Å². The Morgan fingerprint density at radius 3 is 2.58 bits per heavy atom. The minimum Gasteiger partial charge on any atom is -0.393 e. The van der Waals surface area contributed by atoms with Gasteiger partial charge in [0.2, 0.25) is 0 Å². The van der Waals surface area contributed by atoms with Crippen LogP contribution in [0.4, 0.5) is 23.0 Å². The summed E-state index contributed by atoms with van der Waals surface area (Å²) in [5.74, 6) is 1.14. The van der Waals surface area contributed by atoms with Crippen LogP contribution in [0.25, 0.3) is 0 Å². The van der Waals surface area contributed by atoms with Gasteiger partial charge in [-0.05, 0) is 18.2 Å². The van der Waals surface area contributed by atoms with E-state index in [1.807, 2.05) is 19.0 Å². The van der Waals surface area contributed by atoms with Crippen molar-refractivity contribution in [2.45, 2.75) is 0 Å². The van der Waals surface area contributed by atoms with E-state index in [0.717, 1.165) is 0 Å². The first-order valence-electron chi connectivity index (χ1n) is 5.49. The van der Waals surface area contributed by atoms with Crippen LogP contribution in [0.15, 0.2) is 24.5 Å². The molecule has 2 rings (SSSR count). The molecule has 0 spiro atoms. The fraction of sp³-hybridized carbons (Fsp3) is 0.167. The standard InChI is InChI=1S/C12H13Cl2N5/c1-19(2)12-10(15)11(16-6-17-12)18-9-4-3-7(13)5-8(9)14/h3-6H,15H2,1-2H3,(H,16,17,18). The average Bonchev–Trinajstić information content (AvgIpc) is 2.34. The molecule has 0 aliphatic rings. The number of nitrogen functional groups attached to an aromatic ring is 1. The van der Waals surface area contributed by atoms with Gasteiger partial charge in [-0.1, -0.05) is 23.2 Å². The van der Waals surface area contributed by atoms with Gasteiger partial charge in [0.1, 0.15) is 12.0 Å². The zero-order valence-corrected chi connectivity index (χ0v) is 12.0. The van der Waals surface area contributed by atoms with Crippen molar-refractivity contribution in [2.24, 2.45) is 0 Å². The lowest BCUT2D eigenvalue weighted by Crippen LogP contribution is -2.14. The van der Waals surface area contributed by atoms with Crippen molar-refractivity contribution in [2.75, 3.05) is 30.0 Å². The van der Waals surface area contributed by atoms with Crippen molar-refractivity contribution in [1.82, 2.24) is 9.97 Å². The number of hydrogen-bond acceptors (Lipinski definition) is 5. The molecule has 0 saturated carbocycles. The average molecular weight is 298 g/mol. The fourth-order valence-electron chi connectivity index (χ4n) is 1.56. The van der Waals surface area contributed by atoms with Gasteiger partial charge in [0.15, 0.2) is 11.6 Å². The zero-order valence-electron chi connectivity index (χ0n) is 10.5. The van der Waals surface area contributed by atoms with E-state index in [4.69, 9.17) is 28.9 Å². The highest BCUT2D eigenvalue weighted by molar-refractivity contribution is 6.36. The third-order valence-electron chi connectivity index (χ3n) is 2.47. The van der Waals surface area contributed by atoms with Crippen LogP contribution in [-0.4, -0.2) is 24.1 Å². The molecule has 3 N–H and O–H groups in total. The van der Waals surface area contributed by atoms with Crippen molar-refractivity contribution in [3.8, 4) is 0 Å². The van der Waals surface area contributed by atoms with Gasteiger partial charge in [-0.15, -0.1) is 0 Å². The van der Waals surface area contributed by atoms with E-state index in [-0.39, 0.29) is 0 Å². The van der Waals surface area contributed by atoms with E-state index in [1.54, 1.807) is 18.2 Å². The molecule has 19 heavy (non-hydrogen) atoms. The summed E-state index contributed by atoms with van der Waals surface area (Å²) in [6.45, 7) is 0. The molecular formula is C12H13Cl2N5. The van der Waals surface area contributed by atoms with Gasteiger partial charge in [0.05, 0.1) is 10.7 Å². The summed E-state index contributed by atoms with van der Waals surface area (Å²) < 4.78 is 0. The Morgan fingerprint density at radius 2 is 1.95 bits per heavy atom. The van der Waals surface area contributed by atoms with Crippen molar-refractivity contribution in [1.29, 1.82) is 0 Å². The molecule has 0 atom stereocenters. The number of nitrogens with zero attached hydrogens (tertiary/aromatic N) is 3. The summed E-state index contributed by atoms with van der Waals surface area (Å²) in [6, 6.07) is 5.15. The smallest absolute Gasteiger partial charge is 0.159 e. The molecule has 1 heterocycles. The lowest BCUT2D eigenvalue weighted by molar-refractivity contribution is 1.04. The van der Waals surface area contributed by atoms with Crippen molar-refractivity contribution < 1.29 is 0 Å². The first-order valence-corrected chi connectivity index (χ1v) is 6.24. The van der Waals surface area contributed by atoms with E-state index in [2.05, 4.69) is 15.3 Å². The highest BCUT2D eigenvalue weighted by atomic mass is 35.5. The Hall–Kier alpha value is -1.72. The third-order valence-corrected chi connectivity index (χ3v) is 3.02. The minimum absolute atomic E-state index is 0.457. The lowest BCUT2D eigenvalue weighted by Gasteiger charge is -2.16. The molecule has 5 nitrogen and oxygen atoms in total. The Balaban J connectivity index is 2.36. The largest absolute Gasteiger partial charge is 0.393 e. The van der Waals surface area contributed by atoms with Crippen LogP contribution in [-0.2, 0) is 0 Å². The van der Waals surface area contributed by atoms with Crippen LogP contribution in [0.2, 0.25) is 10.0 Å². The van der Waals surface area contributed by atoms with Crippen LogP contribution < -0.4 is 16.0 Å². The number of nitrogens with two attached hydrogens (primary N) is 1. The molecule has 0 amide bonds. The number of aromatic nitrogens is 2. The molecular weight excluding hydrogens is 285 g/mol. The fourth-order valence-corrected chi connectivity index (χ4v) is 2.02. The van der Waals surface area contributed by atoms with Gasteiger partial charge < -0.3 is 16.0 Å². The van der Waals surface area contributed by atoms with Crippen LogP contribution in [0.5, 0.6) is 0 Å². The quantitative estimate of drug-likeness (QED) is 0.911. The maximum Gasteiger partial charge on any atom is 0.159 e. The molecule has 0 aliphatic heterocycles. The number of anilines is 4. The highest BCUT2D eigenvalue weighted by Crippen LogP contribution is 2.31. The lowest BCUT2D eigenvalue weighted by atomic mass is 10.3. The van der Waals surface area contributed by atoms with Gasteiger partial charge in [-0.3, -0.25) is 0 Å². The molecule has 100 valence electrons. The molecule has 1 aromatic carbocycles. The van der Waals surface area contributed by atoms with Gasteiger partial charge >= 0.3 is 0 Å². The van der Waals surface area contributed by atoms with Crippen molar-refractivity contribution in [3.05, 3.63) is 34.6 Å².